The Hall–Kier alpha value is -0.820. The van der Waals surface area contributed by atoms with Crippen LogP contribution in [0.4, 0.5) is 0 Å². The molecule has 0 amide bonds. The Labute approximate surface area is 101 Å². The smallest absolute Gasteiger partial charge is 0.226 e. The largest absolute Gasteiger partial charge is 0.281 e. The van der Waals surface area contributed by atoms with Gasteiger partial charge in [0.05, 0.1) is 0 Å². The second-order valence-electron chi connectivity index (χ2n) is 4.87. The van der Waals surface area contributed by atoms with Gasteiger partial charge < -0.3 is 0 Å². The standard InChI is InChI=1S/C14H15ClO/c15-14(16)8-13-11-5-1-3-9(11)7-10-4-2-6-12(10)13/h7H,1-6,8H2. The number of halogens is 1. The summed E-state index contributed by atoms with van der Waals surface area (Å²) in [4.78, 5) is 11.2. The molecule has 0 saturated heterocycles. The van der Waals surface area contributed by atoms with Gasteiger partial charge in [-0.25, -0.2) is 0 Å². The van der Waals surface area contributed by atoms with Gasteiger partial charge in [-0.1, -0.05) is 6.07 Å². The van der Waals surface area contributed by atoms with Crippen LogP contribution in [0.15, 0.2) is 6.07 Å². The molecule has 0 saturated carbocycles. The molecule has 0 aromatic heterocycles. The first-order chi connectivity index (χ1) is 7.75. The third-order valence-corrected chi connectivity index (χ3v) is 4.05. The Balaban J connectivity index is 2.15. The van der Waals surface area contributed by atoms with Gasteiger partial charge in [0.2, 0.25) is 5.24 Å². The lowest BCUT2D eigenvalue weighted by atomic mass is 9.92. The fraction of sp³-hybridized carbons (Fsp3) is 0.500. The average Bonchev–Trinajstić information content (AvgIpc) is 2.83. The Morgan fingerprint density at radius 2 is 1.62 bits per heavy atom. The summed E-state index contributed by atoms with van der Waals surface area (Å²) in [7, 11) is 0. The van der Waals surface area contributed by atoms with E-state index < -0.39 is 0 Å². The van der Waals surface area contributed by atoms with Crippen LogP contribution in [-0.2, 0) is 36.9 Å². The Kier molecular flexibility index (Phi) is 2.51. The van der Waals surface area contributed by atoms with E-state index in [1.54, 1.807) is 0 Å². The van der Waals surface area contributed by atoms with E-state index in [1.165, 1.54) is 53.5 Å². The van der Waals surface area contributed by atoms with E-state index in [2.05, 4.69) is 6.07 Å². The van der Waals surface area contributed by atoms with Crippen molar-refractivity contribution in [3.05, 3.63) is 33.9 Å². The molecule has 0 unspecified atom stereocenters. The number of benzene rings is 1. The second kappa shape index (κ2) is 3.89. The minimum atomic E-state index is -0.214. The molecule has 3 rings (SSSR count). The maximum Gasteiger partial charge on any atom is 0.226 e. The number of aryl methyl sites for hydroxylation is 2. The van der Waals surface area contributed by atoms with E-state index in [1.807, 2.05) is 0 Å². The van der Waals surface area contributed by atoms with Crippen LogP contribution in [0, 0.1) is 0 Å². The molecule has 0 aliphatic heterocycles. The summed E-state index contributed by atoms with van der Waals surface area (Å²) in [5.41, 5.74) is 7.12. The monoisotopic (exact) mass is 234 g/mol. The van der Waals surface area contributed by atoms with Crippen molar-refractivity contribution < 1.29 is 4.79 Å². The summed E-state index contributed by atoms with van der Waals surface area (Å²) in [6, 6.07) is 2.38. The highest BCUT2D eigenvalue weighted by Crippen LogP contribution is 2.35. The molecule has 0 fully saturated rings. The third kappa shape index (κ3) is 1.58. The minimum absolute atomic E-state index is 0.214. The van der Waals surface area contributed by atoms with Gasteiger partial charge in [-0.3, -0.25) is 4.79 Å². The van der Waals surface area contributed by atoms with Crippen molar-refractivity contribution in [1.29, 1.82) is 0 Å². The number of fused-ring (bicyclic) bond motifs is 2. The minimum Gasteiger partial charge on any atom is -0.281 e. The Bertz CT molecular complexity index is 430. The van der Waals surface area contributed by atoms with Crippen LogP contribution in [0.1, 0.15) is 40.7 Å². The SMILES string of the molecule is O=C(Cl)Cc1c2c(cc3c1CCC3)CCC2. The summed E-state index contributed by atoms with van der Waals surface area (Å²) in [6.07, 6.45) is 7.57. The molecule has 0 bridgehead atoms. The summed E-state index contributed by atoms with van der Waals surface area (Å²) >= 11 is 5.58. The molecule has 84 valence electrons. The molecule has 16 heavy (non-hydrogen) atoms. The molecule has 2 heteroatoms. The lowest BCUT2D eigenvalue weighted by Crippen LogP contribution is -2.04. The molecule has 2 aliphatic rings. The number of rotatable bonds is 2. The first kappa shape index (κ1) is 10.3. The van der Waals surface area contributed by atoms with E-state index in [9.17, 15) is 4.79 Å². The van der Waals surface area contributed by atoms with Crippen LogP contribution in [0.25, 0.3) is 0 Å². The van der Waals surface area contributed by atoms with Gasteiger partial charge in [-0.15, -0.1) is 0 Å². The fourth-order valence-electron chi connectivity index (χ4n) is 3.29. The zero-order valence-electron chi connectivity index (χ0n) is 9.31. The molecule has 2 aliphatic carbocycles. The van der Waals surface area contributed by atoms with Crippen LogP contribution in [-0.4, -0.2) is 5.24 Å². The highest BCUT2D eigenvalue weighted by atomic mass is 35.5. The highest BCUT2D eigenvalue weighted by Gasteiger charge is 2.24. The van der Waals surface area contributed by atoms with Crippen molar-refractivity contribution in [2.24, 2.45) is 0 Å². The lowest BCUT2D eigenvalue weighted by molar-refractivity contribution is -0.111. The molecule has 0 atom stereocenters. The van der Waals surface area contributed by atoms with Crippen LogP contribution in [0.2, 0.25) is 0 Å². The maximum absolute atomic E-state index is 11.2. The lowest BCUT2D eigenvalue weighted by Gasteiger charge is -2.13. The van der Waals surface area contributed by atoms with Crippen molar-refractivity contribution in [3.8, 4) is 0 Å². The first-order valence-electron chi connectivity index (χ1n) is 6.09. The molecule has 0 heterocycles. The van der Waals surface area contributed by atoms with Crippen LogP contribution in [0.5, 0.6) is 0 Å². The topological polar surface area (TPSA) is 17.1 Å². The predicted molar refractivity (Wildman–Crippen MR) is 65.1 cm³/mol. The zero-order chi connectivity index (χ0) is 11.1. The normalized spacial score (nSPS) is 17.3. The summed E-state index contributed by atoms with van der Waals surface area (Å²) < 4.78 is 0. The molecule has 0 spiro atoms. The fourth-order valence-corrected chi connectivity index (χ4v) is 3.42. The molecule has 0 radical (unpaired) electrons. The molecule has 0 N–H and O–H groups in total. The van der Waals surface area contributed by atoms with Crippen LogP contribution in [0.3, 0.4) is 0 Å². The van der Waals surface area contributed by atoms with Gasteiger partial charge in [-0.05, 0) is 77.9 Å². The van der Waals surface area contributed by atoms with E-state index >= 15 is 0 Å². The predicted octanol–water partition coefficient (Wildman–Crippen LogP) is 2.97. The van der Waals surface area contributed by atoms with Gasteiger partial charge in [0.15, 0.2) is 0 Å². The maximum atomic E-state index is 11.2. The first-order valence-corrected chi connectivity index (χ1v) is 6.47. The highest BCUT2D eigenvalue weighted by molar-refractivity contribution is 6.63. The molecule has 1 nitrogen and oxygen atoms in total. The van der Waals surface area contributed by atoms with E-state index in [4.69, 9.17) is 11.6 Å². The quantitative estimate of drug-likeness (QED) is 0.719. The molecular weight excluding hydrogens is 220 g/mol. The summed E-state index contributed by atoms with van der Waals surface area (Å²) in [5.74, 6) is 0. The van der Waals surface area contributed by atoms with Gasteiger partial charge >= 0.3 is 0 Å². The average molecular weight is 235 g/mol. The number of carbonyl (C=O) groups is 1. The van der Waals surface area contributed by atoms with Crippen LogP contribution < -0.4 is 0 Å². The number of carbonyl (C=O) groups excluding carboxylic acids is 1. The molecular formula is C14H15ClO. The van der Waals surface area contributed by atoms with Gasteiger partial charge in [0, 0.05) is 6.42 Å². The van der Waals surface area contributed by atoms with Gasteiger partial charge in [0.25, 0.3) is 0 Å². The van der Waals surface area contributed by atoms with Crippen molar-refractivity contribution in [3.63, 3.8) is 0 Å². The van der Waals surface area contributed by atoms with E-state index in [0.717, 1.165) is 12.8 Å². The van der Waals surface area contributed by atoms with Crippen molar-refractivity contribution in [1.82, 2.24) is 0 Å². The summed E-state index contributed by atoms with van der Waals surface area (Å²) in [5, 5.41) is -0.214. The third-order valence-electron chi connectivity index (χ3n) is 3.91. The Morgan fingerprint density at radius 1 is 1.06 bits per heavy atom. The van der Waals surface area contributed by atoms with Gasteiger partial charge in [0.1, 0.15) is 0 Å². The van der Waals surface area contributed by atoms with Crippen molar-refractivity contribution in [2.45, 2.75) is 44.9 Å². The van der Waals surface area contributed by atoms with Crippen molar-refractivity contribution in [2.75, 3.05) is 0 Å². The van der Waals surface area contributed by atoms with Crippen molar-refractivity contribution >= 4 is 16.8 Å². The van der Waals surface area contributed by atoms with Crippen LogP contribution >= 0.6 is 11.6 Å². The van der Waals surface area contributed by atoms with E-state index in [-0.39, 0.29) is 5.24 Å². The molecule has 1 aromatic rings. The van der Waals surface area contributed by atoms with E-state index in [0.29, 0.717) is 6.42 Å². The second-order valence-corrected chi connectivity index (χ2v) is 5.29. The number of hydrogen-bond acceptors (Lipinski definition) is 1. The Morgan fingerprint density at radius 3 is 2.12 bits per heavy atom. The molecule has 1 aromatic carbocycles. The zero-order valence-corrected chi connectivity index (χ0v) is 10.1. The van der Waals surface area contributed by atoms with Gasteiger partial charge in [-0.2, -0.15) is 0 Å². The number of hydrogen-bond donors (Lipinski definition) is 0. The summed E-state index contributed by atoms with van der Waals surface area (Å²) in [6.45, 7) is 0.